The Morgan fingerprint density at radius 3 is 2.89 bits per heavy atom. The lowest BCUT2D eigenvalue weighted by Gasteiger charge is -2.33. The summed E-state index contributed by atoms with van der Waals surface area (Å²) in [4.78, 5) is 2.32. The van der Waals surface area contributed by atoms with Gasteiger partial charge in [0.2, 0.25) is 0 Å². The number of halogens is 2. The number of rotatable bonds is 3. The van der Waals surface area contributed by atoms with E-state index in [1.165, 1.54) is 12.8 Å². The molecule has 2 atom stereocenters. The topological polar surface area (TPSA) is 15.3 Å². The minimum atomic E-state index is -0.125. The molecule has 19 heavy (non-hydrogen) atoms. The van der Waals surface area contributed by atoms with Crippen LogP contribution in [0, 0.1) is 5.82 Å². The summed E-state index contributed by atoms with van der Waals surface area (Å²) in [5.41, 5.74) is 0.780. The van der Waals surface area contributed by atoms with E-state index in [0.717, 1.165) is 29.5 Å². The summed E-state index contributed by atoms with van der Waals surface area (Å²) in [6.45, 7) is 4.25. The van der Waals surface area contributed by atoms with Crippen LogP contribution in [-0.2, 0) is 0 Å². The molecule has 0 saturated carbocycles. The first-order valence-corrected chi connectivity index (χ1v) is 7.76. The van der Waals surface area contributed by atoms with Gasteiger partial charge in [-0.1, -0.05) is 22.0 Å². The smallest absolute Gasteiger partial charge is 0.129 e. The summed E-state index contributed by atoms with van der Waals surface area (Å²) in [6.07, 6.45) is 3.52. The summed E-state index contributed by atoms with van der Waals surface area (Å²) in [5, 5.41) is 3.42. The van der Waals surface area contributed by atoms with Gasteiger partial charge in [-0.3, -0.25) is 4.90 Å². The van der Waals surface area contributed by atoms with Gasteiger partial charge < -0.3 is 5.32 Å². The second-order valence-electron chi connectivity index (χ2n) is 5.34. The van der Waals surface area contributed by atoms with E-state index in [1.54, 1.807) is 6.07 Å². The van der Waals surface area contributed by atoms with Gasteiger partial charge in [-0.2, -0.15) is 0 Å². The molecule has 2 rings (SSSR count). The lowest BCUT2D eigenvalue weighted by molar-refractivity contribution is 0.168. The summed E-state index contributed by atoms with van der Waals surface area (Å²) >= 11 is 3.31. The predicted octanol–water partition coefficient (Wildman–Crippen LogP) is 3.72. The zero-order valence-corrected chi connectivity index (χ0v) is 13.2. The van der Waals surface area contributed by atoms with E-state index in [4.69, 9.17) is 0 Å². The first-order chi connectivity index (χ1) is 9.09. The van der Waals surface area contributed by atoms with Crippen molar-refractivity contribution in [2.75, 3.05) is 20.1 Å². The van der Waals surface area contributed by atoms with Crippen LogP contribution in [0.2, 0.25) is 0 Å². The molecule has 1 fully saturated rings. The quantitative estimate of drug-likeness (QED) is 0.909. The molecular formula is C15H22BrFN2. The highest BCUT2D eigenvalue weighted by molar-refractivity contribution is 9.10. The van der Waals surface area contributed by atoms with Crippen molar-refractivity contribution < 1.29 is 4.39 Å². The molecule has 2 unspecified atom stereocenters. The van der Waals surface area contributed by atoms with Crippen molar-refractivity contribution in [2.24, 2.45) is 0 Å². The van der Waals surface area contributed by atoms with E-state index in [1.807, 2.05) is 12.1 Å². The van der Waals surface area contributed by atoms with Crippen LogP contribution in [0.3, 0.4) is 0 Å². The van der Waals surface area contributed by atoms with E-state index in [2.05, 4.69) is 40.1 Å². The van der Waals surface area contributed by atoms with Crippen LogP contribution in [0.15, 0.2) is 22.7 Å². The standard InChI is InChI=1S/C15H22BrFN2/c1-11(14-6-5-12(16)10-15(14)17)19(2)13-4-3-8-18-9-7-13/h5-6,10-11,13,18H,3-4,7-9H2,1-2H3. The van der Waals surface area contributed by atoms with Crippen LogP contribution in [-0.4, -0.2) is 31.1 Å². The third kappa shape index (κ3) is 3.77. The van der Waals surface area contributed by atoms with Gasteiger partial charge >= 0.3 is 0 Å². The number of nitrogens with one attached hydrogen (secondary N) is 1. The van der Waals surface area contributed by atoms with Gasteiger partial charge in [-0.25, -0.2) is 4.39 Å². The Balaban J connectivity index is 2.10. The second-order valence-corrected chi connectivity index (χ2v) is 6.26. The molecule has 0 radical (unpaired) electrons. The molecule has 2 nitrogen and oxygen atoms in total. The monoisotopic (exact) mass is 328 g/mol. The van der Waals surface area contributed by atoms with Gasteiger partial charge in [-0.15, -0.1) is 0 Å². The van der Waals surface area contributed by atoms with Crippen LogP contribution >= 0.6 is 15.9 Å². The minimum absolute atomic E-state index is 0.108. The van der Waals surface area contributed by atoms with Crippen molar-refractivity contribution in [3.8, 4) is 0 Å². The Hall–Kier alpha value is -0.450. The Morgan fingerprint density at radius 1 is 1.37 bits per heavy atom. The van der Waals surface area contributed by atoms with Crippen molar-refractivity contribution in [2.45, 2.75) is 38.3 Å². The average Bonchev–Trinajstić information content (AvgIpc) is 2.66. The summed E-state index contributed by atoms with van der Waals surface area (Å²) < 4.78 is 14.8. The highest BCUT2D eigenvalue weighted by Gasteiger charge is 2.23. The molecule has 1 aliphatic rings. The fraction of sp³-hybridized carbons (Fsp3) is 0.600. The molecule has 1 aliphatic heterocycles. The minimum Gasteiger partial charge on any atom is -0.317 e. The summed E-state index contributed by atoms with van der Waals surface area (Å²) in [6, 6.07) is 5.99. The van der Waals surface area contributed by atoms with Crippen molar-refractivity contribution in [1.29, 1.82) is 0 Å². The molecule has 1 saturated heterocycles. The molecule has 1 heterocycles. The third-order valence-electron chi connectivity index (χ3n) is 4.14. The molecule has 0 spiro atoms. The zero-order chi connectivity index (χ0) is 13.8. The summed E-state index contributed by atoms with van der Waals surface area (Å²) in [5.74, 6) is -0.125. The molecule has 0 amide bonds. The van der Waals surface area contributed by atoms with Crippen LogP contribution in [0.1, 0.15) is 37.8 Å². The molecule has 4 heteroatoms. The normalized spacial score (nSPS) is 22.3. The van der Waals surface area contributed by atoms with E-state index in [-0.39, 0.29) is 11.9 Å². The van der Waals surface area contributed by atoms with Crippen LogP contribution < -0.4 is 5.32 Å². The fourth-order valence-electron chi connectivity index (χ4n) is 2.78. The first-order valence-electron chi connectivity index (χ1n) is 6.97. The lowest BCUT2D eigenvalue weighted by Crippen LogP contribution is -2.35. The number of hydrogen-bond acceptors (Lipinski definition) is 2. The molecule has 1 aromatic carbocycles. The van der Waals surface area contributed by atoms with Gasteiger partial charge in [0.05, 0.1) is 0 Å². The van der Waals surface area contributed by atoms with E-state index in [9.17, 15) is 4.39 Å². The Bertz CT molecular complexity index is 417. The predicted molar refractivity (Wildman–Crippen MR) is 80.8 cm³/mol. The average molecular weight is 329 g/mol. The van der Waals surface area contributed by atoms with Gasteiger partial charge in [-0.05, 0) is 58.5 Å². The summed E-state index contributed by atoms with van der Waals surface area (Å²) in [7, 11) is 2.11. The van der Waals surface area contributed by atoms with Crippen LogP contribution in [0.4, 0.5) is 4.39 Å². The first kappa shape index (κ1) is 14.9. The molecule has 0 bridgehead atoms. The van der Waals surface area contributed by atoms with Gasteiger partial charge in [0, 0.05) is 22.1 Å². The van der Waals surface area contributed by atoms with Crippen molar-refractivity contribution in [3.05, 3.63) is 34.1 Å². The molecule has 1 aromatic rings. The van der Waals surface area contributed by atoms with Crippen LogP contribution in [0.25, 0.3) is 0 Å². The maximum absolute atomic E-state index is 14.0. The third-order valence-corrected chi connectivity index (χ3v) is 4.64. The fourth-order valence-corrected chi connectivity index (χ4v) is 3.12. The Kier molecular flexibility index (Phi) is 5.37. The maximum Gasteiger partial charge on any atom is 0.129 e. The second kappa shape index (κ2) is 6.82. The molecule has 0 aliphatic carbocycles. The van der Waals surface area contributed by atoms with Gasteiger partial charge in [0.25, 0.3) is 0 Å². The molecule has 106 valence electrons. The van der Waals surface area contributed by atoms with Gasteiger partial charge in [0.1, 0.15) is 5.82 Å². The van der Waals surface area contributed by atoms with Crippen molar-refractivity contribution in [3.63, 3.8) is 0 Å². The molecular weight excluding hydrogens is 307 g/mol. The van der Waals surface area contributed by atoms with E-state index < -0.39 is 0 Å². The molecule has 0 aromatic heterocycles. The van der Waals surface area contributed by atoms with E-state index >= 15 is 0 Å². The maximum atomic E-state index is 14.0. The van der Waals surface area contributed by atoms with Gasteiger partial charge in [0.15, 0.2) is 0 Å². The highest BCUT2D eigenvalue weighted by atomic mass is 79.9. The Labute approximate surface area is 123 Å². The van der Waals surface area contributed by atoms with Crippen LogP contribution in [0.5, 0.6) is 0 Å². The lowest BCUT2D eigenvalue weighted by atomic mass is 10.0. The van der Waals surface area contributed by atoms with Crippen molar-refractivity contribution in [1.82, 2.24) is 10.2 Å². The molecule has 1 N–H and O–H groups in total. The number of hydrogen-bond donors (Lipinski definition) is 1. The Morgan fingerprint density at radius 2 is 2.16 bits per heavy atom. The zero-order valence-electron chi connectivity index (χ0n) is 11.6. The number of nitrogens with zero attached hydrogens (tertiary/aromatic N) is 1. The van der Waals surface area contributed by atoms with E-state index in [0.29, 0.717) is 6.04 Å². The number of benzene rings is 1. The SMILES string of the molecule is CC(c1ccc(Br)cc1F)N(C)C1CCCNCC1. The largest absolute Gasteiger partial charge is 0.317 e. The highest BCUT2D eigenvalue weighted by Crippen LogP contribution is 2.28. The van der Waals surface area contributed by atoms with Crippen molar-refractivity contribution >= 4 is 15.9 Å².